The van der Waals surface area contributed by atoms with Crippen molar-refractivity contribution in [1.82, 2.24) is 0 Å². The Kier molecular flexibility index (Phi) is 77.7. The van der Waals surface area contributed by atoms with Crippen molar-refractivity contribution < 1.29 is 80.2 Å². The number of rotatable bonds is 79. The normalized spacial score (nSPS) is 14.6. The van der Waals surface area contributed by atoms with Gasteiger partial charge in [-0.15, -0.1) is 0 Å². The van der Waals surface area contributed by atoms with E-state index in [-0.39, 0.29) is 25.7 Å². The molecule has 0 aromatic carbocycles. The van der Waals surface area contributed by atoms with Gasteiger partial charge in [0, 0.05) is 25.7 Å². The van der Waals surface area contributed by atoms with Crippen LogP contribution >= 0.6 is 15.6 Å². The second-order valence-corrected chi connectivity index (χ2v) is 30.9. The van der Waals surface area contributed by atoms with Crippen LogP contribution in [-0.4, -0.2) is 96.7 Å². The summed E-state index contributed by atoms with van der Waals surface area (Å²) in [5, 5.41) is 10.7. The molecule has 0 saturated heterocycles. The van der Waals surface area contributed by atoms with Crippen molar-refractivity contribution in [3.05, 3.63) is 158 Å². The van der Waals surface area contributed by atoms with E-state index in [2.05, 4.69) is 167 Å². The molecule has 0 radical (unpaired) electrons. The molecule has 17 nitrogen and oxygen atoms in total. The number of allylic oxidation sites excluding steroid dienone is 26. The molecule has 0 bridgehead atoms. The minimum atomic E-state index is -5.00. The summed E-state index contributed by atoms with van der Waals surface area (Å²) in [6.45, 7) is 4.53. The SMILES string of the molecule is CC/C=C\C/C=C\C/C=C\C/C=C\C/C=C\C/C=C\CCC(=O)OCC(COP(=O)(O)OCC(O)COP(=O)(O)OCC(COC(=O)CCCCCCCC/C=C\C/C=C\C/C=C\CCCCC)OC(=O)CCCCCC/C=C\C/C=C\C/C=C\C/C=C\CC)OC(=O)CCCCCCCCCCCCCCCCC. The third-order valence-corrected chi connectivity index (χ3v) is 19.4. The number of carbonyl (C=O) groups is 4. The van der Waals surface area contributed by atoms with Gasteiger partial charge in [-0.1, -0.05) is 327 Å². The van der Waals surface area contributed by atoms with E-state index in [1.54, 1.807) is 0 Å². The fraction of sp³-hybridized carbons (Fsp3) is 0.670. The first kappa shape index (κ1) is 105. The van der Waals surface area contributed by atoms with Gasteiger partial charge in [0.2, 0.25) is 0 Å². The molecule has 110 heavy (non-hydrogen) atoms. The van der Waals surface area contributed by atoms with Gasteiger partial charge in [0.1, 0.15) is 19.3 Å². The monoisotopic (exact) mass is 1580 g/mol. The van der Waals surface area contributed by atoms with Crippen molar-refractivity contribution >= 4 is 39.5 Å². The number of hydrogen-bond acceptors (Lipinski definition) is 15. The Morgan fingerprint density at radius 2 is 0.491 bits per heavy atom. The molecule has 5 unspecified atom stereocenters. The first-order chi connectivity index (χ1) is 53.7. The van der Waals surface area contributed by atoms with Crippen LogP contribution in [0.5, 0.6) is 0 Å². The average Bonchev–Trinajstić information content (AvgIpc) is 0.899. The van der Waals surface area contributed by atoms with Crippen LogP contribution in [0.4, 0.5) is 0 Å². The van der Waals surface area contributed by atoms with Gasteiger partial charge in [-0.3, -0.25) is 37.3 Å². The Labute approximate surface area is 668 Å². The lowest BCUT2D eigenvalue weighted by molar-refractivity contribution is -0.161. The molecule has 0 aromatic rings. The number of aliphatic hydroxyl groups excluding tert-OH is 1. The molecule has 0 fully saturated rings. The topological polar surface area (TPSA) is 237 Å². The lowest BCUT2D eigenvalue weighted by Gasteiger charge is -2.21. The van der Waals surface area contributed by atoms with Gasteiger partial charge in [-0.2, -0.15) is 0 Å². The van der Waals surface area contributed by atoms with E-state index < -0.39 is 97.5 Å². The summed E-state index contributed by atoms with van der Waals surface area (Å²) in [5.74, 6) is -2.31. The van der Waals surface area contributed by atoms with Gasteiger partial charge in [0.05, 0.1) is 26.4 Å². The van der Waals surface area contributed by atoms with Gasteiger partial charge in [-0.05, 0) is 141 Å². The summed E-state index contributed by atoms with van der Waals surface area (Å²) in [7, 11) is -10.0. The number of ether oxygens (including phenoxy) is 4. The maximum absolute atomic E-state index is 13.1. The summed E-state index contributed by atoms with van der Waals surface area (Å²) in [4.78, 5) is 73.2. The standard InChI is InChI=1S/C91H152O17P2/c1-5-9-13-17-21-25-29-33-37-40-42-45-48-51-55-59-63-67-71-75-88(93)101-81-86(107-90(95)77-73-69-65-61-57-53-47-36-32-28-24-20-16-12-8-4)83-105-109(97,98)103-79-85(92)80-104-110(99,100)106-84-87(108-91(96)78-74-70-66-62-58-54-50-44-39-35-31-27-23-19-15-11-7-3)82-102-89(94)76-72-68-64-60-56-52-49-46-43-41-38-34-30-26-22-18-14-10-6-2/h9,11,13,15,21-23,25-27,33-35,37-39,42-43,45-46,50-51,54-55,63,67,85-87,92H,5-8,10,12,14,16-20,24,28-32,36,40-41,44,47-49,52-53,56-62,64-66,68-84H2,1-4H3,(H,97,98)(H,99,100)/b13-9-,15-11-,25-21-,26-22-,27-23-,37-33-,38-34-,39-35-,45-42-,46-43-,54-50-,55-51-,67-63-. The first-order valence-corrected chi connectivity index (χ1v) is 45.7. The molecule has 3 N–H and O–H groups in total. The predicted molar refractivity (Wildman–Crippen MR) is 454 cm³/mol. The summed E-state index contributed by atoms with van der Waals surface area (Å²) in [6.07, 6.45) is 96.4. The zero-order chi connectivity index (χ0) is 80.3. The van der Waals surface area contributed by atoms with E-state index >= 15 is 0 Å². The van der Waals surface area contributed by atoms with Crippen LogP contribution < -0.4 is 0 Å². The predicted octanol–water partition coefficient (Wildman–Crippen LogP) is 25.6. The van der Waals surface area contributed by atoms with Crippen molar-refractivity contribution in [2.24, 2.45) is 0 Å². The molecule has 0 rings (SSSR count). The highest BCUT2D eigenvalue weighted by Gasteiger charge is 2.30. The molecule has 0 amide bonds. The molecule has 0 aromatic heterocycles. The second kappa shape index (κ2) is 81.7. The van der Waals surface area contributed by atoms with Crippen molar-refractivity contribution in [2.45, 2.75) is 354 Å². The summed E-state index contributed by atoms with van der Waals surface area (Å²) < 4.78 is 68.7. The molecule has 0 spiro atoms. The van der Waals surface area contributed by atoms with Crippen LogP contribution in [-0.2, 0) is 65.4 Å². The van der Waals surface area contributed by atoms with Crippen LogP contribution in [0.15, 0.2) is 158 Å². The maximum atomic E-state index is 13.1. The molecule has 19 heteroatoms. The average molecular weight is 1580 g/mol. The van der Waals surface area contributed by atoms with Crippen molar-refractivity contribution in [2.75, 3.05) is 39.6 Å². The third-order valence-electron chi connectivity index (χ3n) is 17.5. The van der Waals surface area contributed by atoms with Crippen molar-refractivity contribution in [1.29, 1.82) is 0 Å². The quantitative estimate of drug-likeness (QED) is 0.0169. The van der Waals surface area contributed by atoms with E-state index in [1.165, 1.54) is 83.5 Å². The fourth-order valence-electron chi connectivity index (χ4n) is 11.1. The highest BCUT2D eigenvalue weighted by atomic mass is 31.2. The minimum Gasteiger partial charge on any atom is -0.462 e. The van der Waals surface area contributed by atoms with Crippen LogP contribution in [0.3, 0.4) is 0 Å². The van der Waals surface area contributed by atoms with Crippen LogP contribution in [0.1, 0.15) is 336 Å². The minimum absolute atomic E-state index is 0.0335. The largest absolute Gasteiger partial charge is 0.472 e. The number of aliphatic hydroxyl groups is 1. The van der Waals surface area contributed by atoms with E-state index in [4.69, 9.17) is 37.0 Å². The molecule has 628 valence electrons. The fourth-order valence-corrected chi connectivity index (χ4v) is 12.6. The van der Waals surface area contributed by atoms with E-state index in [9.17, 15) is 43.2 Å². The van der Waals surface area contributed by atoms with Gasteiger partial charge in [0.25, 0.3) is 0 Å². The molecule has 0 saturated carbocycles. The molecular formula is C91H152O17P2. The highest BCUT2D eigenvalue weighted by Crippen LogP contribution is 2.45. The molecule has 0 aliphatic rings. The summed E-state index contributed by atoms with van der Waals surface area (Å²) in [6, 6.07) is 0. The van der Waals surface area contributed by atoms with Crippen molar-refractivity contribution in [3.8, 4) is 0 Å². The molecule has 5 atom stereocenters. The number of carbonyl (C=O) groups excluding carboxylic acids is 4. The van der Waals surface area contributed by atoms with Crippen LogP contribution in [0, 0.1) is 0 Å². The Morgan fingerprint density at radius 3 is 0.800 bits per heavy atom. The number of hydrogen-bond donors (Lipinski definition) is 3. The van der Waals surface area contributed by atoms with Gasteiger partial charge in [-0.25, -0.2) is 9.13 Å². The Bertz CT molecular complexity index is 2700. The number of phosphoric ester groups is 2. The van der Waals surface area contributed by atoms with Crippen molar-refractivity contribution in [3.63, 3.8) is 0 Å². The second-order valence-electron chi connectivity index (χ2n) is 28.0. The lowest BCUT2D eigenvalue weighted by Crippen LogP contribution is -2.30. The molecule has 0 heterocycles. The number of phosphoric acid groups is 2. The third kappa shape index (κ3) is 80.7. The van der Waals surface area contributed by atoms with E-state index in [1.807, 2.05) is 18.2 Å². The molecule has 0 aliphatic heterocycles. The van der Waals surface area contributed by atoms with Gasteiger partial charge in [0.15, 0.2) is 12.2 Å². The summed E-state index contributed by atoms with van der Waals surface area (Å²) >= 11 is 0. The Morgan fingerprint density at radius 1 is 0.264 bits per heavy atom. The lowest BCUT2D eigenvalue weighted by atomic mass is 10.0. The first-order valence-electron chi connectivity index (χ1n) is 42.7. The molecular weight excluding hydrogens is 1430 g/mol. The highest BCUT2D eigenvalue weighted by molar-refractivity contribution is 7.47. The van der Waals surface area contributed by atoms with Crippen LogP contribution in [0.2, 0.25) is 0 Å². The maximum Gasteiger partial charge on any atom is 0.472 e. The zero-order valence-corrected chi connectivity index (χ0v) is 70.7. The molecule has 0 aliphatic carbocycles. The summed E-state index contributed by atoms with van der Waals surface area (Å²) in [5.41, 5.74) is 0. The number of unbranched alkanes of at least 4 members (excludes halogenated alkanes) is 27. The van der Waals surface area contributed by atoms with Gasteiger partial charge >= 0.3 is 39.5 Å². The zero-order valence-electron chi connectivity index (χ0n) is 68.9. The van der Waals surface area contributed by atoms with Crippen LogP contribution in [0.25, 0.3) is 0 Å². The smallest absolute Gasteiger partial charge is 0.462 e. The van der Waals surface area contributed by atoms with Gasteiger partial charge < -0.3 is 33.8 Å². The Hall–Kier alpha value is -5.32. The Balaban J connectivity index is 5.47. The van der Waals surface area contributed by atoms with E-state index in [0.717, 1.165) is 167 Å². The number of esters is 4. The van der Waals surface area contributed by atoms with E-state index in [0.29, 0.717) is 32.1 Å².